The molecule has 0 radical (unpaired) electrons. The Morgan fingerprint density at radius 2 is 2.00 bits per heavy atom. The fourth-order valence-electron chi connectivity index (χ4n) is 4.46. The van der Waals surface area contributed by atoms with Crippen LogP contribution >= 0.6 is 0 Å². The molecule has 3 saturated carbocycles. The molecule has 0 heterocycles. The summed E-state index contributed by atoms with van der Waals surface area (Å²) >= 11 is 0. The van der Waals surface area contributed by atoms with Gasteiger partial charge >= 0.3 is 0 Å². The Kier molecular flexibility index (Phi) is 1.27. The molecule has 3 aliphatic carbocycles. The number of nitrogens with two attached hydrogens (primary N) is 1. The maximum absolute atomic E-state index is 6.08. The lowest BCUT2D eigenvalue weighted by Gasteiger charge is -2.51. The second-order valence-electron chi connectivity index (χ2n) is 5.76. The van der Waals surface area contributed by atoms with E-state index in [1.807, 2.05) is 0 Å². The summed E-state index contributed by atoms with van der Waals surface area (Å²) in [7, 11) is 0. The van der Waals surface area contributed by atoms with Gasteiger partial charge in [-0.1, -0.05) is 6.92 Å². The van der Waals surface area contributed by atoms with Gasteiger partial charge in [0.15, 0.2) is 0 Å². The number of hydrogen-bond donors (Lipinski definition) is 1. The fraction of sp³-hybridized carbons (Fsp3) is 1.00. The summed E-state index contributed by atoms with van der Waals surface area (Å²) in [5.41, 5.74) is 6.84. The minimum absolute atomic E-state index is 0.537. The molecule has 0 aromatic heterocycles. The monoisotopic (exact) mass is 165 g/mol. The van der Waals surface area contributed by atoms with Crippen LogP contribution in [0.25, 0.3) is 0 Å². The molecule has 1 heteroatoms. The summed E-state index contributed by atoms with van der Waals surface area (Å²) in [5, 5.41) is 0. The van der Waals surface area contributed by atoms with Crippen molar-refractivity contribution in [2.24, 2.45) is 28.9 Å². The van der Waals surface area contributed by atoms with Crippen LogP contribution in [0.4, 0.5) is 0 Å². The molecule has 0 amide bonds. The van der Waals surface area contributed by atoms with Gasteiger partial charge < -0.3 is 5.73 Å². The Hall–Kier alpha value is -0.0400. The van der Waals surface area contributed by atoms with Gasteiger partial charge in [-0.25, -0.2) is 0 Å². The molecule has 2 N–H and O–H groups in total. The zero-order valence-electron chi connectivity index (χ0n) is 7.92. The van der Waals surface area contributed by atoms with E-state index < -0.39 is 0 Å². The summed E-state index contributed by atoms with van der Waals surface area (Å²) in [6.45, 7) is 2.50. The molecule has 3 rings (SSSR count). The minimum Gasteiger partial charge on any atom is -0.328 e. The Morgan fingerprint density at radius 1 is 1.17 bits per heavy atom. The predicted molar refractivity (Wildman–Crippen MR) is 49.6 cm³/mol. The van der Waals surface area contributed by atoms with Crippen LogP contribution in [-0.4, -0.2) is 6.04 Å². The number of rotatable bonds is 0. The van der Waals surface area contributed by atoms with E-state index in [0.717, 1.165) is 23.2 Å². The van der Waals surface area contributed by atoms with Crippen molar-refractivity contribution in [1.29, 1.82) is 0 Å². The van der Waals surface area contributed by atoms with Crippen LogP contribution in [0.2, 0.25) is 0 Å². The van der Waals surface area contributed by atoms with Crippen molar-refractivity contribution in [2.75, 3.05) is 0 Å². The Bertz CT molecular complexity index is 207. The topological polar surface area (TPSA) is 26.0 Å². The molecule has 0 aromatic rings. The van der Waals surface area contributed by atoms with Gasteiger partial charge in [-0.05, 0) is 55.3 Å². The lowest BCUT2D eigenvalue weighted by atomic mass is 9.54. The van der Waals surface area contributed by atoms with E-state index in [9.17, 15) is 0 Å². The van der Waals surface area contributed by atoms with Gasteiger partial charge in [0.1, 0.15) is 0 Å². The second kappa shape index (κ2) is 2.06. The summed E-state index contributed by atoms with van der Waals surface area (Å²) in [4.78, 5) is 0. The number of hydrogen-bond acceptors (Lipinski definition) is 1. The van der Waals surface area contributed by atoms with Gasteiger partial charge in [0.2, 0.25) is 0 Å². The molecular formula is C11H19N. The van der Waals surface area contributed by atoms with Gasteiger partial charge in [0.25, 0.3) is 0 Å². The van der Waals surface area contributed by atoms with Crippen LogP contribution in [0, 0.1) is 23.2 Å². The van der Waals surface area contributed by atoms with E-state index >= 15 is 0 Å². The largest absolute Gasteiger partial charge is 0.328 e. The Morgan fingerprint density at radius 3 is 2.83 bits per heavy atom. The average molecular weight is 165 g/mol. The van der Waals surface area contributed by atoms with Gasteiger partial charge in [0.05, 0.1) is 0 Å². The molecule has 0 spiro atoms. The molecule has 0 aromatic carbocycles. The molecule has 5 atom stereocenters. The van der Waals surface area contributed by atoms with E-state index in [1.54, 1.807) is 0 Å². The highest BCUT2D eigenvalue weighted by atomic mass is 14.7. The quantitative estimate of drug-likeness (QED) is 0.585. The summed E-state index contributed by atoms with van der Waals surface area (Å²) in [6, 6.07) is 0.537. The molecule has 68 valence electrons. The predicted octanol–water partition coefficient (Wildman–Crippen LogP) is 2.16. The molecule has 0 saturated heterocycles. The van der Waals surface area contributed by atoms with Gasteiger partial charge in [-0.2, -0.15) is 0 Å². The first-order chi connectivity index (χ1) is 5.67. The average Bonchev–Trinajstić information content (AvgIpc) is 2.09. The van der Waals surface area contributed by atoms with Crippen LogP contribution in [0.15, 0.2) is 0 Å². The standard InChI is InChI=1S/C11H19N/c1-11-5-7-2-9(12)4-8(6-11)10(11)3-7/h7-10H,2-6,12H2,1H3/t7-,8-,9-,10?,11?/m0/s1. The van der Waals surface area contributed by atoms with Crippen molar-refractivity contribution in [2.45, 2.75) is 45.1 Å². The lowest BCUT2D eigenvalue weighted by Crippen LogP contribution is -2.45. The zero-order chi connectivity index (χ0) is 8.34. The Balaban J connectivity index is 1.88. The van der Waals surface area contributed by atoms with Gasteiger partial charge in [0, 0.05) is 6.04 Å². The molecule has 0 aliphatic heterocycles. The van der Waals surface area contributed by atoms with Crippen molar-refractivity contribution < 1.29 is 0 Å². The summed E-state index contributed by atoms with van der Waals surface area (Å²) in [6.07, 6.45) is 7.14. The molecule has 3 fully saturated rings. The first-order valence-electron chi connectivity index (χ1n) is 5.43. The van der Waals surface area contributed by atoms with Crippen molar-refractivity contribution in [3.63, 3.8) is 0 Å². The van der Waals surface area contributed by atoms with E-state index in [1.165, 1.54) is 32.1 Å². The van der Waals surface area contributed by atoms with E-state index in [2.05, 4.69) is 6.92 Å². The van der Waals surface area contributed by atoms with Crippen LogP contribution in [0.1, 0.15) is 39.0 Å². The zero-order valence-corrected chi connectivity index (χ0v) is 7.92. The highest BCUT2D eigenvalue weighted by Gasteiger charge is 2.57. The fourth-order valence-corrected chi connectivity index (χ4v) is 4.46. The van der Waals surface area contributed by atoms with Crippen molar-refractivity contribution in [1.82, 2.24) is 0 Å². The highest BCUT2D eigenvalue weighted by Crippen LogP contribution is 2.65. The van der Waals surface area contributed by atoms with Gasteiger partial charge in [-0.3, -0.25) is 0 Å². The molecule has 2 bridgehead atoms. The SMILES string of the molecule is CC12C[C@@H]3CC1[C@@H](C[C@@H](N)C3)C2. The van der Waals surface area contributed by atoms with Crippen LogP contribution < -0.4 is 5.73 Å². The smallest absolute Gasteiger partial charge is 0.00442 e. The second-order valence-corrected chi connectivity index (χ2v) is 5.76. The first-order valence-corrected chi connectivity index (χ1v) is 5.43. The van der Waals surface area contributed by atoms with Crippen molar-refractivity contribution >= 4 is 0 Å². The molecule has 1 nitrogen and oxygen atoms in total. The third kappa shape index (κ3) is 0.783. The normalized spacial score (nSPS) is 62.5. The first kappa shape index (κ1) is 7.37. The van der Waals surface area contributed by atoms with E-state index in [4.69, 9.17) is 5.73 Å². The molecular weight excluding hydrogens is 146 g/mol. The third-order valence-corrected chi connectivity index (χ3v) is 4.78. The molecule has 12 heavy (non-hydrogen) atoms. The Labute approximate surface area is 74.7 Å². The third-order valence-electron chi connectivity index (χ3n) is 4.78. The highest BCUT2D eigenvalue weighted by molar-refractivity contribution is 5.08. The summed E-state index contributed by atoms with van der Waals surface area (Å²) in [5.74, 6) is 3.07. The summed E-state index contributed by atoms with van der Waals surface area (Å²) < 4.78 is 0. The minimum atomic E-state index is 0.537. The van der Waals surface area contributed by atoms with Crippen LogP contribution in [0.3, 0.4) is 0 Å². The van der Waals surface area contributed by atoms with Crippen molar-refractivity contribution in [3.05, 3.63) is 0 Å². The van der Waals surface area contributed by atoms with Crippen LogP contribution in [-0.2, 0) is 0 Å². The van der Waals surface area contributed by atoms with Crippen molar-refractivity contribution in [3.8, 4) is 0 Å². The van der Waals surface area contributed by atoms with E-state index in [0.29, 0.717) is 6.04 Å². The maximum atomic E-state index is 6.08. The lowest BCUT2D eigenvalue weighted by molar-refractivity contribution is -0.00905. The van der Waals surface area contributed by atoms with Gasteiger partial charge in [-0.15, -0.1) is 0 Å². The maximum Gasteiger partial charge on any atom is 0.00442 e. The molecule has 2 unspecified atom stereocenters. The van der Waals surface area contributed by atoms with Crippen LogP contribution in [0.5, 0.6) is 0 Å². The van der Waals surface area contributed by atoms with E-state index in [-0.39, 0.29) is 0 Å². The molecule has 3 aliphatic rings. The number of fused-ring (bicyclic) bond motifs is 1.